The minimum atomic E-state index is 0.270. The standard InChI is InChI=1S/C12H18BrClN4/c1-9(18-5-3-2-4-6-18)7-15-11-10(13)8-16-12(14)17-11/h8-9H,2-7H2,1H3,(H,15,16,17). The van der Waals surface area contributed by atoms with E-state index < -0.39 is 0 Å². The van der Waals surface area contributed by atoms with E-state index in [9.17, 15) is 0 Å². The molecule has 0 bridgehead atoms. The van der Waals surface area contributed by atoms with E-state index in [0.29, 0.717) is 6.04 Å². The first-order valence-electron chi connectivity index (χ1n) is 6.33. The first kappa shape index (κ1) is 14.0. The predicted molar refractivity (Wildman–Crippen MR) is 78.1 cm³/mol. The summed E-state index contributed by atoms with van der Waals surface area (Å²) >= 11 is 9.20. The van der Waals surface area contributed by atoms with E-state index in [-0.39, 0.29) is 5.28 Å². The molecule has 0 aliphatic carbocycles. The second-order valence-electron chi connectivity index (χ2n) is 4.66. The van der Waals surface area contributed by atoms with Crippen molar-refractivity contribution in [2.75, 3.05) is 25.0 Å². The van der Waals surface area contributed by atoms with Crippen LogP contribution in [0.5, 0.6) is 0 Å². The highest BCUT2D eigenvalue weighted by atomic mass is 79.9. The number of anilines is 1. The molecule has 1 N–H and O–H groups in total. The van der Waals surface area contributed by atoms with Crippen molar-refractivity contribution in [2.24, 2.45) is 0 Å². The normalized spacial score (nSPS) is 18.6. The molecular weight excluding hydrogens is 316 g/mol. The molecule has 1 fully saturated rings. The molecule has 1 aliphatic rings. The van der Waals surface area contributed by atoms with Crippen LogP contribution in [-0.4, -0.2) is 40.5 Å². The maximum Gasteiger partial charge on any atom is 0.224 e. The maximum atomic E-state index is 5.79. The predicted octanol–water partition coefficient (Wildman–Crippen LogP) is 3.18. The highest BCUT2D eigenvalue weighted by Gasteiger charge is 2.16. The van der Waals surface area contributed by atoms with Gasteiger partial charge in [0, 0.05) is 18.8 Å². The molecule has 1 aliphatic heterocycles. The van der Waals surface area contributed by atoms with Gasteiger partial charge in [-0.2, -0.15) is 4.98 Å². The zero-order chi connectivity index (χ0) is 13.0. The Morgan fingerprint density at radius 1 is 1.44 bits per heavy atom. The molecule has 1 saturated heterocycles. The van der Waals surface area contributed by atoms with Crippen molar-refractivity contribution >= 4 is 33.3 Å². The quantitative estimate of drug-likeness (QED) is 0.859. The van der Waals surface area contributed by atoms with Crippen LogP contribution in [0.1, 0.15) is 26.2 Å². The largest absolute Gasteiger partial charge is 0.367 e. The number of aromatic nitrogens is 2. The number of halogens is 2. The fraction of sp³-hybridized carbons (Fsp3) is 0.667. The molecule has 1 atom stereocenters. The smallest absolute Gasteiger partial charge is 0.224 e. The van der Waals surface area contributed by atoms with Gasteiger partial charge in [0.15, 0.2) is 0 Å². The van der Waals surface area contributed by atoms with E-state index in [1.165, 1.54) is 32.4 Å². The molecule has 0 spiro atoms. The van der Waals surface area contributed by atoms with Crippen LogP contribution in [0.25, 0.3) is 0 Å². The van der Waals surface area contributed by atoms with Crippen LogP contribution >= 0.6 is 27.5 Å². The lowest BCUT2D eigenvalue weighted by Gasteiger charge is -2.32. The Balaban J connectivity index is 1.88. The fourth-order valence-corrected chi connectivity index (χ4v) is 2.67. The number of nitrogens with one attached hydrogen (secondary N) is 1. The summed E-state index contributed by atoms with van der Waals surface area (Å²) in [4.78, 5) is 10.6. The molecule has 100 valence electrons. The Hall–Kier alpha value is -0.390. The third-order valence-electron chi connectivity index (χ3n) is 3.29. The summed E-state index contributed by atoms with van der Waals surface area (Å²) in [6.07, 6.45) is 5.66. The zero-order valence-corrected chi connectivity index (χ0v) is 12.8. The van der Waals surface area contributed by atoms with Crippen LogP contribution in [0.2, 0.25) is 5.28 Å². The molecule has 6 heteroatoms. The first-order chi connectivity index (χ1) is 8.66. The van der Waals surface area contributed by atoms with Gasteiger partial charge < -0.3 is 5.32 Å². The minimum Gasteiger partial charge on any atom is -0.367 e. The van der Waals surface area contributed by atoms with Crippen molar-refractivity contribution in [2.45, 2.75) is 32.2 Å². The maximum absolute atomic E-state index is 5.79. The van der Waals surface area contributed by atoms with Gasteiger partial charge in [-0.15, -0.1) is 0 Å². The van der Waals surface area contributed by atoms with Crippen LogP contribution in [0.3, 0.4) is 0 Å². The summed E-state index contributed by atoms with van der Waals surface area (Å²) in [5, 5.41) is 3.60. The van der Waals surface area contributed by atoms with Gasteiger partial charge in [-0.1, -0.05) is 6.42 Å². The lowest BCUT2D eigenvalue weighted by atomic mass is 10.1. The third kappa shape index (κ3) is 3.80. The van der Waals surface area contributed by atoms with Crippen LogP contribution in [0, 0.1) is 0 Å². The summed E-state index contributed by atoms with van der Waals surface area (Å²) in [7, 11) is 0. The van der Waals surface area contributed by atoms with Crippen molar-refractivity contribution < 1.29 is 0 Å². The van der Waals surface area contributed by atoms with Crippen LogP contribution in [0.4, 0.5) is 5.82 Å². The molecule has 18 heavy (non-hydrogen) atoms. The molecule has 4 nitrogen and oxygen atoms in total. The van der Waals surface area contributed by atoms with Crippen molar-refractivity contribution in [1.29, 1.82) is 0 Å². The number of piperidine rings is 1. The molecule has 1 aromatic heterocycles. The number of likely N-dealkylation sites (tertiary alicyclic amines) is 1. The van der Waals surface area contributed by atoms with E-state index >= 15 is 0 Å². The van der Waals surface area contributed by atoms with E-state index in [0.717, 1.165) is 16.8 Å². The zero-order valence-electron chi connectivity index (χ0n) is 10.5. The lowest BCUT2D eigenvalue weighted by molar-refractivity contribution is 0.180. The summed E-state index contributed by atoms with van der Waals surface area (Å²) in [5.74, 6) is 0.763. The second-order valence-corrected chi connectivity index (χ2v) is 5.85. The van der Waals surface area contributed by atoms with Gasteiger partial charge in [-0.3, -0.25) is 4.90 Å². The Labute approximate surface area is 121 Å². The highest BCUT2D eigenvalue weighted by Crippen LogP contribution is 2.20. The Kier molecular flexibility index (Phi) is 5.21. The second kappa shape index (κ2) is 6.68. The molecular formula is C12H18BrClN4. The molecule has 0 saturated carbocycles. The van der Waals surface area contributed by atoms with Crippen molar-refractivity contribution in [1.82, 2.24) is 14.9 Å². The topological polar surface area (TPSA) is 41.1 Å². The number of rotatable bonds is 4. The van der Waals surface area contributed by atoms with Crippen molar-refractivity contribution in [3.05, 3.63) is 16.0 Å². The van der Waals surface area contributed by atoms with Gasteiger partial charge in [-0.25, -0.2) is 4.98 Å². The summed E-state index contributed by atoms with van der Waals surface area (Å²) < 4.78 is 0.845. The molecule has 2 heterocycles. The molecule has 0 aromatic carbocycles. The van der Waals surface area contributed by atoms with Crippen LogP contribution in [-0.2, 0) is 0 Å². The average molecular weight is 334 g/mol. The number of nitrogens with zero attached hydrogens (tertiary/aromatic N) is 3. The SMILES string of the molecule is CC(CNc1nc(Cl)ncc1Br)N1CCCCC1. The van der Waals surface area contributed by atoms with E-state index in [1.807, 2.05) is 0 Å². The molecule has 1 aromatic rings. The number of hydrogen-bond acceptors (Lipinski definition) is 4. The van der Waals surface area contributed by atoms with Crippen LogP contribution < -0.4 is 5.32 Å². The summed E-state index contributed by atoms with van der Waals surface area (Å²) in [6, 6.07) is 0.506. The molecule has 0 radical (unpaired) electrons. The molecule has 0 amide bonds. The number of hydrogen-bond donors (Lipinski definition) is 1. The highest BCUT2D eigenvalue weighted by molar-refractivity contribution is 9.10. The van der Waals surface area contributed by atoms with Gasteiger partial charge in [0.05, 0.1) is 4.47 Å². The van der Waals surface area contributed by atoms with E-state index in [2.05, 4.69) is 43.0 Å². The average Bonchev–Trinajstić information content (AvgIpc) is 2.40. The van der Waals surface area contributed by atoms with E-state index in [4.69, 9.17) is 11.6 Å². The van der Waals surface area contributed by atoms with E-state index in [1.54, 1.807) is 6.20 Å². The lowest BCUT2D eigenvalue weighted by Crippen LogP contribution is -2.41. The Morgan fingerprint density at radius 2 is 2.17 bits per heavy atom. The van der Waals surface area contributed by atoms with Gasteiger partial charge in [0.25, 0.3) is 0 Å². The Morgan fingerprint density at radius 3 is 2.89 bits per heavy atom. The van der Waals surface area contributed by atoms with Crippen LogP contribution in [0.15, 0.2) is 10.7 Å². The first-order valence-corrected chi connectivity index (χ1v) is 7.50. The van der Waals surface area contributed by atoms with Crippen molar-refractivity contribution in [3.8, 4) is 0 Å². The van der Waals surface area contributed by atoms with Gasteiger partial charge in [-0.05, 0) is 60.4 Å². The van der Waals surface area contributed by atoms with Gasteiger partial charge in [0.1, 0.15) is 5.82 Å². The van der Waals surface area contributed by atoms with Gasteiger partial charge >= 0.3 is 0 Å². The Bertz CT molecular complexity index is 396. The monoisotopic (exact) mass is 332 g/mol. The fourth-order valence-electron chi connectivity index (χ4n) is 2.20. The third-order valence-corrected chi connectivity index (χ3v) is 4.06. The van der Waals surface area contributed by atoms with Crippen molar-refractivity contribution in [3.63, 3.8) is 0 Å². The van der Waals surface area contributed by atoms with Gasteiger partial charge in [0.2, 0.25) is 5.28 Å². The minimum absolute atomic E-state index is 0.270. The molecule has 2 rings (SSSR count). The summed E-state index contributed by atoms with van der Waals surface area (Å²) in [6.45, 7) is 5.52. The summed E-state index contributed by atoms with van der Waals surface area (Å²) in [5.41, 5.74) is 0. The molecule has 1 unspecified atom stereocenters.